The van der Waals surface area contributed by atoms with Crippen LogP contribution in [0.3, 0.4) is 0 Å². The average Bonchev–Trinajstić information content (AvgIpc) is 3.54. The normalized spacial score (nSPS) is 15.0. The second-order valence-corrected chi connectivity index (χ2v) is 10.4. The highest BCUT2D eigenvalue weighted by molar-refractivity contribution is 8.00. The van der Waals surface area contributed by atoms with Crippen molar-refractivity contribution in [3.8, 4) is 17.2 Å². The number of nitrogens with one attached hydrogen (secondary N) is 1. The first-order valence-electron chi connectivity index (χ1n) is 12.5. The van der Waals surface area contributed by atoms with Crippen LogP contribution in [0.15, 0.2) is 106 Å². The molecule has 1 aliphatic rings. The number of nitrogens with zero attached hydrogens (tertiary/aromatic N) is 2. The number of amides is 3. The van der Waals surface area contributed by atoms with Gasteiger partial charge in [0.1, 0.15) is 11.3 Å². The number of hydrogen-bond acceptors (Lipinski definition) is 7. The lowest BCUT2D eigenvalue weighted by atomic mass is 10.2. The van der Waals surface area contributed by atoms with E-state index in [1.807, 2.05) is 36.4 Å². The molecule has 6 rings (SSSR count). The zero-order valence-electron chi connectivity index (χ0n) is 21.4. The molecular formula is C31H23N3O5S. The van der Waals surface area contributed by atoms with Crippen LogP contribution in [0.1, 0.15) is 16.8 Å². The summed E-state index contributed by atoms with van der Waals surface area (Å²) in [5.41, 5.74) is 3.82. The van der Waals surface area contributed by atoms with Crippen molar-refractivity contribution in [1.82, 2.24) is 4.98 Å². The Hall–Kier alpha value is -4.89. The van der Waals surface area contributed by atoms with Crippen LogP contribution in [-0.2, 0) is 9.59 Å². The van der Waals surface area contributed by atoms with Crippen molar-refractivity contribution in [2.45, 2.75) is 16.6 Å². The molecule has 198 valence electrons. The van der Waals surface area contributed by atoms with Crippen molar-refractivity contribution in [1.29, 1.82) is 0 Å². The molecule has 1 atom stereocenters. The number of para-hydroxylation sites is 2. The fourth-order valence-corrected chi connectivity index (χ4v) is 5.52. The van der Waals surface area contributed by atoms with Crippen LogP contribution in [0.25, 0.3) is 22.6 Å². The summed E-state index contributed by atoms with van der Waals surface area (Å²) in [7, 11) is 1.55. The van der Waals surface area contributed by atoms with Crippen LogP contribution in [0.5, 0.6) is 5.75 Å². The molecule has 3 amide bonds. The Morgan fingerprint density at radius 1 is 0.975 bits per heavy atom. The van der Waals surface area contributed by atoms with E-state index in [1.54, 1.807) is 67.8 Å². The first kappa shape index (κ1) is 25.4. The van der Waals surface area contributed by atoms with Crippen molar-refractivity contribution in [3.05, 3.63) is 103 Å². The number of hydrogen-bond donors (Lipinski definition) is 1. The van der Waals surface area contributed by atoms with Gasteiger partial charge in [0.25, 0.3) is 5.91 Å². The van der Waals surface area contributed by atoms with Crippen LogP contribution in [0.2, 0.25) is 0 Å². The second-order valence-electron chi connectivity index (χ2n) is 9.12. The second kappa shape index (κ2) is 10.7. The van der Waals surface area contributed by atoms with Gasteiger partial charge >= 0.3 is 0 Å². The van der Waals surface area contributed by atoms with Gasteiger partial charge in [0.2, 0.25) is 17.7 Å². The zero-order chi connectivity index (χ0) is 27.6. The molecule has 2 heterocycles. The quantitative estimate of drug-likeness (QED) is 0.242. The van der Waals surface area contributed by atoms with Crippen LogP contribution in [0, 0.1) is 0 Å². The molecule has 1 N–H and O–H groups in total. The third-order valence-electron chi connectivity index (χ3n) is 6.49. The zero-order valence-corrected chi connectivity index (χ0v) is 22.2. The molecule has 1 aliphatic heterocycles. The van der Waals surface area contributed by atoms with Crippen molar-refractivity contribution in [2.24, 2.45) is 0 Å². The van der Waals surface area contributed by atoms with Gasteiger partial charge in [0.15, 0.2) is 5.58 Å². The standard InChI is InChI=1S/C31H23N3O5S/c1-38-23-6-4-5-20(17-23)29(36)32-21-11-15-24(16-12-21)40-27-18-28(35)34(31(27)37)22-13-9-19(10-14-22)30-33-25-7-2-3-8-26(25)39-30/h2-17,27H,18H2,1H3,(H,32,36). The minimum absolute atomic E-state index is 0.102. The molecular weight excluding hydrogens is 526 g/mol. The Bertz CT molecular complexity index is 1700. The van der Waals surface area contributed by atoms with E-state index in [-0.39, 0.29) is 24.1 Å². The van der Waals surface area contributed by atoms with Gasteiger partial charge in [-0.2, -0.15) is 0 Å². The van der Waals surface area contributed by atoms with E-state index < -0.39 is 5.25 Å². The number of carbonyl (C=O) groups excluding carboxylic acids is 3. The summed E-state index contributed by atoms with van der Waals surface area (Å²) in [4.78, 5) is 45.1. The summed E-state index contributed by atoms with van der Waals surface area (Å²) in [5, 5.41) is 2.31. The number of ether oxygens (including phenoxy) is 1. The number of methoxy groups -OCH3 is 1. The number of rotatable bonds is 7. The van der Waals surface area contributed by atoms with E-state index in [4.69, 9.17) is 9.15 Å². The minimum Gasteiger partial charge on any atom is -0.497 e. The molecule has 0 bridgehead atoms. The Kier molecular flexibility index (Phi) is 6.79. The van der Waals surface area contributed by atoms with Gasteiger partial charge < -0.3 is 14.5 Å². The van der Waals surface area contributed by atoms with Gasteiger partial charge in [-0.1, -0.05) is 18.2 Å². The van der Waals surface area contributed by atoms with Crippen LogP contribution in [-0.4, -0.2) is 35.1 Å². The lowest BCUT2D eigenvalue weighted by Crippen LogP contribution is -2.31. The fraction of sp³-hybridized carbons (Fsp3) is 0.0968. The summed E-state index contributed by atoms with van der Waals surface area (Å²) >= 11 is 1.33. The molecule has 1 aromatic heterocycles. The molecule has 0 spiro atoms. The molecule has 0 saturated carbocycles. The largest absolute Gasteiger partial charge is 0.497 e. The van der Waals surface area contributed by atoms with Gasteiger partial charge in [-0.15, -0.1) is 11.8 Å². The van der Waals surface area contributed by atoms with Gasteiger partial charge in [-0.05, 0) is 78.9 Å². The number of fused-ring (bicyclic) bond motifs is 1. The van der Waals surface area contributed by atoms with Crippen LogP contribution >= 0.6 is 11.8 Å². The van der Waals surface area contributed by atoms with Gasteiger partial charge in [0.05, 0.1) is 18.0 Å². The van der Waals surface area contributed by atoms with Gasteiger partial charge in [-0.25, -0.2) is 9.88 Å². The maximum absolute atomic E-state index is 13.2. The molecule has 1 saturated heterocycles. The van der Waals surface area contributed by atoms with Crippen molar-refractivity contribution < 1.29 is 23.5 Å². The number of oxazole rings is 1. The number of anilines is 2. The Morgan fingerprint density at radius 3 is 2.50 bits per heavy atom. The van der Waals surface area contributed by atoms with E-state index in [0.717, 1.165) is 16.0 Å². The Balaban J connectivity index is 1.10. The topological polar surface area (TPSA) is 102 Å². The molecule has 1 fully saturated rings. The number of thioether (sulfide) groups is 1. The SMILES string of the molecule is COc1cccc(C(=O)Nc2ccc(SC3CC(=O)N(c4ccc(-c5nc6ccccc6o5)cc4)C3=O)cc2)c1. The predicted molar refractivity (Wildman–Crippen MR) is 154 cm³/mol. The van der Waals surface area contributed by atoms with E-state index in [1.165, 1.54) is 16.7 Å². The molecule has 40 heavy (non-hydrogen) atoms. The lowest BCUT2D eigenvalue weighted by molar-refractivity contribution is -0.121. The van der Waals surface area contributed by atoms with Crippen molar-refractivity contribution in [2.75, 3.05) is 17.3 Å². The summed E-state index contributed by atoms with van der Waals surface area (Å²) in [5.74, 6) is 0.305. The monoisotopic (exact) mass is 549 g/mol. The molecule has 9 heteroatoms. The fourth-order valence-electron chi connectivity index (χ4n) is 4.46. The summed E-state index contributed by atoms with van der Waals surface area (Å²) in [6, 6.07) is 28.6. The minimum atomic E-state index is -0.540. The van der Waals surface area contributed by atoms with E-state index in [9.17, 15) is 14.4 Å². The first-order valence-corrected chi connectivity index (χ1v) is 13.4. The van der Waals surface area contributed by atoms with E-state index in [2.05, 4.69) is 10.3 Å². The van der Waals surface area contributed by atoms with E-state index >= 15 is 0 Å². The Labute approximate surface area is 234 Å². The predicted octanol–water partition coefficient (Wildman–Crippen LogP) is 6.18. The average molecular weight is 550 g/mol. The summed E-state index contributed by atoms with van der Waals surface area (Å²) < 4.78 is 11.0. The molecule has 4 aromatic carbocycles. The number of benzene rings is 4. The van der Waals surface area contributed by atoms with Gasteiger partial charge in [0, 0.05) is 28.1 Å². The highest BCUT2D eigenvalue weighted by atomic mass is 32.2. The van der Waals surface area contributed by atoms with Crippen LogP contribution in [0.4, 0.5) is 11.4 Å². The van der Waals surface area contributed by atoms with Crippen LogP contribution < -0.4 is 15.0 Å². The molecule has 8 nitrogen and oxygen atoms in total. The third kappa shape index (κ3) is 5.06. The molecule has 0 aliphatic carbocycles. The van der Waals surface area contributed by atoms with Gasteiger partial charge in [-0.3, -0.25) is 14.4 Å². The molecule has 5 aromatic rings. The number of imide groups is 1. The third-order valence-corrected chi connectivity index (χ3v) is 7.69. The summed E-state index contributed by atoms with van der Waals surface area (Å²) in [6.45, 7) is 0. The summed E-state index contributed by atoms with van der Waals surface area (Å²) in [6.07, 6.45) is 0.102. The highest BCUT2D eigenvalue weighted by Crippen LogP contribution is 2.35. The smallest absolute Gasteiger partial charge is 0.255 e. The first-order chi connectivity index (χ1) is 19.5. The van der Waals surface area contributed by atoms with Crippen molar-refractivity contribution in [3.63, 3.8) is 0 Å². The lowest BCUT2D eigenvalue weighted by Gasteiger charge is -2.15. The highest BCUT2D eigenvalue weighted by Gasteiger charge is 2.40. The van der Waals surface area contributed by atoms with Crippen molar-refractivity contribution >= 4 is 52.0 Å². The maximum atomic E-state index is 13.2. The maximum Gasteiger partial charge on any atom is 0.255 e. The Morgan fingerprint density at radius 2 is 1.75 bits per heavy atom. The molecule has 0 radical (unpaired) electrons. The molecule has 1 unspecified atom stereocenters. The number of carbonyl (C=O) groups is 3. The van der Waals surface area contributed by atoms with E-state index in [0.29, 0.717) is 34.2 Å². The number of aromatic nitrogens is 1.